The molecule has 31 heavy (non-hydrogen) atoms. The van der Waals surface area contributed by atoms with Crippen LogP contribution in [0, 0.1) is 0 Å². The number of amides is 1. The minimum atomic E-state index is -0.541. The Balaban J connectivity index is 1.64. The number of carbonyl (C=O) groups excluding carboxylic acids is 1. The van der Waals surface area contributed by atoms with E-state index in [9.17, 15) is 4.79 Å². The molecule has 0 fully saturated rings. The zero-order valence-corrected chi connectivity index (χ0v) is 18.0. The molecular weight excluding hydrogens is 396 g/mol. The smallest absolute Gasteiger partial charge is 0.234 e. The van der Waals surface area contributed by atoms with Crippen molar-refractivity contribution in [1.82, 2.24) is 14.9 Å². The molecule has 8 nitrogen and oxygen atoms in total. The molecule has 0 aliphatic rings. The highest BCUT2D eigenvalue weighted by atomic mass is 16.5. The monoisotopic (exact) mass is 424 g/mol. The largest absolute Gasteiger partial charge is 0.496 e. The number of benzene rings is 2. The highest BCUT2D eigenvalue weighted by molar-refractivity contribution is 5.80. The summed E-state index contributed by atoms with van der Waals surface area (Å²) in [5.74, 6) is 1.68. The molecule has 0 aliphatic heterocycles. The van der Waals surface area contributed by atoms with Crippen LogP contribution in [0.1, 0.15) is 16.8 Å². The normalized spacial score (nSPS) is 11.7. The maximum atomic E-state index is 11.9. The van der Waals surface area contributed by atoms with Gasteiger partial charge < -0.3 is 29.8 Å². The molecule has 1 aromatic heterocycles. The lowest BCUT2D eigenvalue weighted by Gasteiger charge is -2.17. The molecule has 3 aromatic rings. The van der Waals surface area contributed by atoms with E-state index in [-0.39, 0.29) is 0 Å². The van der Waals surface area contributed by atoms with Crippen LogP contribution in [0.15, 0.2) is 55.0 Å². The van der Waals surface area contributed by atoms with Crippen molar-refractivity contribution in [3.8, 4) is 17.2 Å². The molecule has 0 bridgehead atoms. The summed E-state index contributed by atoms with van der Waals surface area (Å²) in [4.78, 5) is 16.1. The third-order valence-corrected chi connectivity index (χ3v) is 4.90. The number of aromatic nitrogens is 2. The van der Waals surface area contributed by atoms with Crippen LogP contribution < -0.4 is 25.3 Å². The van der Waals surface area contributed by atoms with E-state index in [1.807, 2.05) is 60.3 Å². The Bertz CT molecular complexity index is 1020. The highest BCUT2D eigenvalue weighted by Gasteiger charge is 2.18. The molecule has 0 saturated carbocycles. The Morgan fingerprint density at radius 1 is 1.13 bits per heavy atom. The van der Waals surface area contributed by atoms with Crippen molar-refractivity contribution in [2.45, 2.75) is 25.6 Å². The summed E-state index contributed by atoms with van der Waals surface area (Å²) in [6, 6.07) is 12.8. The van der Waals surface area contributed by atoms with E-state index in [1.54, 1.807) is 20.5 Å². The summed E-state index contributed by atoms with van der Waals surface area (Å²) in [5, 5.41) is 3.20. The summed E-state index contributed by atoms with van der Waals surface area (Å²) >= 11 is 0. The molecule has 1 atom stereocenters. The molecule has 1 heterocycles. The maximum Gasteiger partial charge on any atom is 0.234 e. The standard InChI is InChI=1S/C23H28N4O4/c1-27-13-18(26-15-27)10-20(23(24)28)25-12-16-8-9-19(11-22(16)30-3)31-14-17-6-4-5-7-21(17)29-2/h4-9,11,13,15,20,25H,10,12,14H2,1-3H3,(H2,24,28). The minimum Gasteiger partial charge on any atom is -0.496 e. The Morgan fingerprint density at radius 2 is 1.90 bits per heavy atom. The number of para-hydroxylation sites is 1. The van der Waals surface area contributed by atoms with Gasteiger partial charge in [-0.15, -0.1) is 0 Å². The Morgan fingerprint density at radius 3 is 2.58 bits per heavy atom. The average molecular weight is 425 g/mol. The lowest BCUT2D eigenvalue weighted by atomic mass is 10.1. The number of nitrogens with two attached hydrogens (primary N) is 1. The maximum absolute atomic E-state index is 11.9. The molecule has 1 unspecified atom stereocenters. The van der Waals surface area contributed by atoms with E-state index in [1.165, 1.54) is 0 Å². The van der Waals surface area contributed by atoms with Crippen molar-refractivity contribution in [3.05, 3.63) is 71.8 Å². The Hall–Kier alpha value is -3.52. The molecule has 0 saturated heterocycles. The highest BCUT2D eigenvalue weighted by Crippen LogP contribution is 2.26. The molecule has 3 N–H and O–H groups in total. The molecule has 1 amide bonds. The number of primary amides is 1. The van der Waals surface area contributed by atoms with E-state index < -0.39 is 11.9 Å². The molecule has 0 spiro atoms. The van der Waals surface area contributed by atoms with Gasteiger partial charge in [-0.25, -0.2) is 4.98 Å². The molecule has 2 aromatic carbocycles. The first kappa shape index (κ1) is 22.2. The summed E-state index contributed by atoms with van der Waals surface area (Å²) in [6.45, 7) is 0.787. The van der Waals surface area contributed by atoms with Gasteiger partial charge in [0.1, 0.15) is 23.9 Å². The lowest BCUT2D eigenvalue weighted by Crippen LogP contribution is -2.42. The minimum absolute atomic E-state index is 0.374. The first-order valence-corrected chi connectivity index (χ1v) is 9.91. The van der Waals surface area contributed by atoms with Gasteiger partial charge in [-0.05, 0) is 12.1 Å². The van der Waals surface area contributed by atoms with Crippen LogP contribution in [-0.2, 0) is 31.4 Å². The SMILES string of the molecule is COc1cc(OCc2ccccc2OC)ccc1CNC(Cc1cn(C)cn1)C(N)=O. The van der Waals surface area contributed by atoms with Gasteiger partial charge in [0, 0.05) is 43.4 Å². The van der Waals surface area contributed by atoms with Gasteiger partial charge in [0.05, 0.1) is 32.3 Å². The predicted octanol–water partition coefficient (Wildman–Crippen LogP) is 2.20. The first-order chi connectivity index (χ1) is 15.0. The van der Waals surface area contributed by atoms with E-state index >= 15 is 0 Å². The molecule has 164 valence electrons. The number of methoxy groups -OCH3 is 2. The Kier molecular flexibility index (Phi) is 7.50. The second-order valence-electron chi connectivity index (χ2n) is 7.14. The fraction of sp³-hybridized carbons (Fsp3) is 0.304. The predicted molar refractivity (Wildman–Crippen MR) is 117 cm³/mol. The van der Waals surface area contributed by atoms with Crippen LogP contribution in [0.2, 0.25) is 0 Å². The summed E-state index contributed by atoms with van der Waals surface area (Å²) in [6.07, 6.45) is 3.98. The number of hydrogen-bond donors (Lipinski definition) is 2. The number of nitrogens with one attached hydrogen (secondary N) is 1. The number of hydrogen-bond acceptors (Lipinski definition) is 6. The van der Waals surface area contributed by atoms with Gasteiger partial charge in [-0.3, -0.25) is 4.79 Å². The van der Waals surface area contributed by atoms with Gasteiger partial charge in [0.25, 0.3) is 0 Å². The summed E-state index contributed by atoms with van der Waals surface area (Å²) in [7, 11) is 5.12. The van der Waals surface area contributed by atoms with Crippen LogP contribution in [0.3, 0.4) is 0 Å². The van der Waals surface area contributed by atoms with Crippen LogP contribution >= 0.6 is 0 Å². The quantitative estimate of drug-likeness (QED) is 0.489. The zero-order chi connectivity index (χ0) is 22.2. The number of aryl methyl sites for hydroxylation is 1. The van der Waals surface area contributed by atoms with Crippen molar-refractivity contribution in [2.24, 2.45) is 12.8 Å². The van der Waals surface area contributed by atoms with Crippen molar-refractivity contribution in [3.63, 3.8) is 0 Å². The van der Waals surface area contributed by atoms with Gasteiger partial charge in [0.2, 0.25) is 5.91 Å². The third-order valence-electron chi connectivity index (χ3n) is 4.90. The van der Waals surface area contributed by atoms with Crippen LogP contribution in [0.4, 0.5) is 0 Å². The number of rotatable bonds is 11. The van der Waals surface area contributed by atoms with Crippen molar-refractivity contribution >= 4 is 5.91 Å². The van der Waals surface area contributed by atoms with Gasteiger partial charge in [0.15, 0.2) is 0 Å². The molecule has 0 aliphatic carbocycles. The summed E-state index contributed by atoms with van der Waals surface area (Å²) in [5.41, 5.74) is 8.21. The second-order valence-corrected chi connectivity index (χ2v) is 7.14. The number of carbonyl (C=O) groups is 1. The van der Waals surface area contributed by atoms with Crippen LogP contribution in [0.5, 0.6) is 17.2 Å². The van der Waals surface area contributed by atoms with E-state index in [0.29, 0.717) is 31.1 Å². The number of nitrogens with zero attached hydrogens (tertiary/aromatic N) is 2. The van der Waals surface area contributed by atoms with Gasteiger partial charge >= 0.3 is 0 Å². The van der Waals surface area contributed by atoms with Crippen molar-refractivity contribution in [1.29, 1.82) is 0 Å². The Labute approximate surface area is 181 Å². The van der Waals surface area contributed by atoms with E-state index in [0.717, 1.165) is 22.6 Å². The zero-order valence-electron chi connectivity index (χ0n) is 18.0. The number of ether oxygens (including phenoxy) is 3. The second kappa shape index (κ2) is 10.5. The fourth-order valence-corrected chi connectivity index (χ4v) is 3.23. The van der Waals surface area contributed by atoms with Gasteiger partial charge in [-0.1, -0.05) is 24.3 Å². The fourth-order valence-electron chi connectivity index (χ4n) is 3.23. The summed E-state index contributed by atoms with van der Waals surface area (Å²) < 4.78 is 18.6. The van der Waals surface area contributed by atoms with Crippen LogP contribution in [-0.4, -0.2) is 35.7 Å². The average Bonchev–Trinajstić information content (AvgIpc) is 3.20. The molecule has 8 heteroatoms. The molecule has 3 rings (SSSR count). The van der Waals surface area contributed by atoms with E-state index in [2.05, 4.69) is 10.3 Å². The lowest BCUT2D eigenvalue weighted by molar-refractivity contribution is -0.120. The first-order valence-electron chi connectivity index (χ1n) is 9.91. The molecular formula is C23H28N4O4. The molecule has 0 radical (unpaired) electrons. The van der Waals surface area contributed by atoms with Gasteiger partial charge in [-0.2, -0.15) is 0 Å². The van der Waals surface area contributed by atoms with E-state index in [4.69, 9.17) is 19.9 Å². The third kappa shape index (κ3) is 5.99. The van der Waals surface area contributed by atoms with Crippen molar-refractivity contribution in [2.75, 3.05) is 14.2 Å². The number of imidazole rings is 1. The van der Waals surface area contributed by atoms with Crippen molar-refractivity contribution < 1.29 is 19.0 Å². The van der Waals surface area contributed by atoms with Crippen LogP contribution in [0.25, 0.3) is 0 Å². The topological polar surface area (TPSA) is 101 Å².